The number of hydrogen-bond donors (Lipinski definition) is 1. The summed E-state index contributed by atoms with van der Waals surface area (Å²) in [5, 5.41) is -0.660. The van der Waals surface area contributed by atoms with E-state index in [9.17, 15) is 13.2 Å². The van der Waals surface area contributed by atoms with Crippen LogP contribution in [0.3, 0.4) is 0 Å². The van der Waals surface area contributed by atoms with Gasteiger partial charge >= 0.3 is 0 Å². The molecule has 2 aromatic carbocycles. The summed E-state index contributed by atoms with van der Waals surface area (Å²) in [5.74, 6) is 0.0700. The van der Waals surface area contributed by atoms with Gasteiger partial charge in [0.1, 0.15) is 11.6 Å². The smallest absolute Gasteiger partial charge is 0.264 e. The highest BCUT2D eigenvalue weighted by Gasteiger charge is 2.50. The van der Waals surface area contributed by atoms with Crippen molar-refractivity contribution < 1.29 is 27.1 Å². The SMILES string of the molecule is C[C@@H]1[C@@H](C)S(=O)(=O)NC(=O)c2ccc3c(c2)N(Cc2ccc(Cl)c(F)c2CCCCO3)C[C@@H]2CC[C@H]2[C@@H](OCCN2CC3(CN(C)C3)C2)C2=C[C@H]1C2. The van der Waals surface area contributed by atoms with E-state index in [2.05, 4.69) is 32.5 Å². The quantitative estimate of drug-likeness (QED) is 0.386. The molecule has 5 aliphatic heterocycles. The minimum Gasteiger partial charge on any atom is -0.491 e. The molecular weight excluding hydrogens is 703 g/mol. The van der Waals surface area contributed by atoms with Gasteiger partial charge in [0, 0.05) is 56.8 Å². The number of carbonyl (C=O) groups excluding carboxylic acids is 1. The molecule has 12 heteroatoms. The summed E-state index contributed by atoms with van der Waals surface area (Å²) < 4.78 is 58.4. The molecule has 0 aromatic heterocycles. The van der Waals surface area contributed by atoms with Gasteiger partial charge in [0.2, 0.25) is 10.0 Å². The normalized spacial score (nSPS) is 31.5. The van der Waals surface area contributed by atoms with Crippen molar-refractivity contribution in [1.82, 2.24) is 14.5 Å². The molecule has 2 saturated heterocycles. The molecule has 282 valence electrons. The van der Waals surface area contributed by atoms with Crippen LogP contribution >= 0.6 is 11.6 Å². The summed E-state index contributed by atoms with van der Waals surface area (Å²) in [4.78, 5) is 20.7. The lowest BCUT2D eigenvalue weighted by atomic mass is 9.64. The number of amides is 1. The third-order valence-electron chi connectivity index (χ3n) is 13.1. The molecule has 2 aromatic rings. The number of sulfonamides is 1. The minimum absolute atomic E-state index is 0.0404. The van der Waals surface area contributed by atoms with E-state index in [1.54, 1.807) is 31.2 Å². The first-order chi connectivity index (χ1) is 24.9. The Morgan fingerprint density at radius 2 is 1.88 bits per heavy atom. The van der Waals surface area contributed by atoms with E-state index >= 15 is 4.39 Å². The zero-order valence-electron chi connectivity index (χ0n) is 30.6. The van der Waals surface area contributed by atoms with Crippen molar-refractivity contribution in [3.63, 3.8) is 0 Å². The van der Waals surface area contributed by atoms with Gasteiger partial charge in [0.25, 0.3) is 5.91 Å². The van der Waals surface area contributed by atoms with E-state index in [0.29, 0.717) is 61.1 Å². The van der Waals surface area contributed by atoms with E-state index in [1.165, 1.54) is 18.7 Å². The number of nitrogens with zero attached hydrogens (tertiary/aromatic N) is 3. The molecule has 3 fully saturated rings. The molecule has 7 aliphatic rings. The summed E-state index contributed by atoms with van der Waals surface area (Å²) >= 11 is 6.30. The van der Waals surface area contributed by atoms with E-state index < -0.39 is 21.2 Å². The summed E-state index contributed by atoms with van der Waals surface area (Å²) in [6.07, 6.45) is 7.07. The van der Waals surface area contributed by atoms with Gasteiger partial charge in [-0.05, 0) is 117 Å². The summed E-state index contributed by atoms with van der Waals surface area (Å²) in [6.45, 7) is 11.3. The maximum absolute atomic E-state index is 15.6. The van der Waals surface area contributed by atoms with Gasteiger partial charge in [0.05, 0.1) is 35.3 Å². The first-order valence-corrected chi connectivity index (χ1v) is 21.1. The van der Waals surface area contributed by atoms with Crippen LogP contribution in [0.5, 0.6) is 5.75 Å². The lowest BCUT2D eigenvalue weighted by Crippen LogP contribution is -2.71. The van der Waals surface area contributed by atoms with Crippen molar-refractivity contribution >= 4 is 33.2 Å². The van der Waals surface area contributed by atoms with Crippen molar-refractivity contribution in [2.45, 2.75) is 70.3 Å². The minimum atomic E-state index is -3.98. The molecule has 2 aliphatic carbocycles. The molecule has 9 rings (SSSR count). The Kier molecular flexibility index (Phi) is 9.89. The Labute approximate surface area is 312 Å². The number of nitrogens with one attached hydrogen (secondary N) is 1. The van der Waals surface area contributed by atoms with Crippen LogP contribution in [0.1, 0.15) is 67.4 Å². The molecule has 52 heavy (non-hydrogen) atoms. The number of ether oxygens (including phenoxy) is 2. The number of benzene rings is 2. The second-order valence-electron chi connectivity index (χ2n) is 16.7. The average Bonchev–Trinajstić information content (AvgIpc) is 3.07. The van der Waals surface area contributed by atoms with E-state index in [-0.39, 0.29) is 40.3 Å². The summed E-state index contributed by atoms with van der Waals surface area (Å²) in [6, 6.07) is 8.68. The van der Waals surface area contributed by atoms with Crippen LogP contribution in [-0.2, 0) is 27.7 Å². The number of fused-ring (bicyclic) bond motifs is 5. The van der Waals surface area contributed by atoms with E-state index in [4.69, 9.17) is 21.1 Å². The van der Waals surface area contributed by atoms with Crippen LogP contribution in [0.2, 0.25) is 5.02 Å². The molecule has 1 N–H and O–H groups in total. The first kappa shape index (κ1) is 36.3. The van der Waals surface area contributed by atoms with Crippen molar-refractivity contribution in [2.24, 2.45) is 29.1 Å². The molecule has 6 atom stereocenters. The Hall–Kier alpha value is -2.70. The topological polar surface area (TPSA) is 91.4 Å². The van der Waals surface area contributed by atoms with Crippen LogP contribution in [0.25, 0.3) is 0 Å². The molecule has 5 heterocycles. The Balaban J connectivity index is 1.13. The van der Waals surface area contributed by atoms with Crippen LogP contribution in [-0.4, -0.2) is 95.0 Å². The zero-order valence-corrected chi connectivity index (χ0v) is 32.2. The highest BCUT2D eigenvalue weighted by Crippen LogP contribution is 2.48. The average molecular weight is 755 g/mol. The van der Waals surface area contributed by atoms with E-state index in [1.807, 2.05) is 13.0 Å². The number of rotatable bonds is 4. The van der Waals surface area contributed by atoms with Crippen LogP contribution < -0.4 is 14.4 Å². The van der Waals surface area contributed by atoms with Gasteiger partial charge in [-0.2, -0.15) is 0 Å². The monoisotopic (exact) mass is 754 g/mol. The molecule has 0 radical (unpaired) electrons. The summed E-state index contributed by atoms with van der Waals surface area (Å²) in [5.41, 5.74) is 4.13. The first-order valence-electron chi connectivity index (χ1n) is 19.2. The molecule has 4 bridgehead atoms. The summed E-state index contributed by atoms with van der Waals surface area (Å²) in [7, 11) is -1.79. The van der Waals surface area contributed by atoms with Crippen LogP contribution in [0.15, 0.2) is 42.0 Å². The van der Waals surface area contributed by atoms with Crippen molar-refractivity contribution in [3.05, 3.63) is 69.5 Å². The molecule has 1 spiro atoms. The van der Waals surface area contributed by atoms with Gasteiger partial charge in [-0.15, -0.1) is 0 Å². The largest absolute Gasteiger partial charge is 0.491 e. The molecule has 9 nitrogen and oxygen atoms in total. The van der Waals surface area contributed by atoms with E-state index in [0.717, 1.165) is 57.3 Å². The fourth-order valence-electron chi connectivity index (χ4n) is 9.77. The van der Waals surface area contributed by atoms with Crippen molar-refractivity contribution in [2.75, 3.05) is 64.4 Å². The lowest BCUT2D eigenvalue weighted by Gasteiger charge is -2.59. The maximum Gasteiger partial charge on any atom is 0.264 e. The zero-order chi connectivity index (χ0) is 36.4. The van der Waals surface area contributed by atoms with Crippen LogP contribution in [0.4, 0.5) is 10.1 Å². The Bertz CT molecular complexity index is 1840. The Morgan fingerprint density at radius 3 is 2.62 bits per heavy atom. The fourth-order valence-corrected chi connectivity index (χ4v) is 11.3. The predicted octanol–water partition coefficient (Wildman–Crippen LogP) is 5.90. The standard InChI is InChI=1S/C40H52ClFN4O5S/c1-25-26(2)52(48,49)43-39(47)27-9-12-36-35(18-27)46(19-28-8-11-34(41)37(42)32(28)6-4-5-14-50-36)20-29-7-10-33(29)38(31-16-30(25)17-31)51-15-13-45-23-40(24-45)21-44(3)22-40/h8-9,11-12,16,18,25-26,29-30,33,38H,4-7,10,13-15,17,19-24H2,1-3H3,(H,43,47)/t25-,26-,29+,30+,33-,38+/m1/s1. The Morgan fingerprint density at radius 1 is 1.10 bits per heavy atom. The van der Waals surface area contributed by atoms with Gasteiger partial charge < -0.3 is 19.3 Å². The van der Waals surface area contributed by atoms with Gasteiger partial charge in [-0.1, -0.05) is 30.7 Å². The molecule has 1 saturated carbocycles. The number of halogens is 2. The third kappa shape index (κ3) is 6.89. The highest BCUT2D eigenvalue weighted by atomic mass is 35.5. The van der Waals surface area contributed by atoms with Crippen molar-refractivity contribution in [1.29, 1.82) is 0 Å². The maximum atomic E-state index is 15.6. The second-order valence-corrected chi connectivity index (χ2v) is 19.1. The number of anilines is 1. The van der Waals surface area contributed by atoms with Gasteiger partial charge in [-0.3, -0.25) is 9.69 Å². The number of allylic oxidation sites excluding steroid dienone is 1. The van der Waals surface area contributed by atoms with Crippen LogP contribution in [0, 0.1) is 34.9 Å². The second kappa shape index (κ2) is 14.2. The van der Waals surface area contributed by atoms with Gasteiger partial charge in [0.15, 0.2) is 0 Å². The molecular formula is C40H52ClFN4O5S. The number of hydrogen-bond acceptors (Lipinski definition) is 8. The van der Waals surface area contributed by atoms with Crippen molar-refractivity contribution in [3.8, 4) is 5.75 Å². The number of likely N-dealkylation sites (tertiary alicyclic amines) is 2. The predicted molar refractivity (Wildman–Crippen MR) is 201 cm³/mol. The highest BCUT2D eigenvalue weighted by molar-refractivity contribution is 7.90. The molecule has 1 amide bonds. The molecule has 0 unspecified atom stereocenters. The third-order valence-corrected chi connectivity index (χ3v) is 15.2. The fraction of sp³-hybridized carbons (Fsp3) is 0.625. The lowest BCUT2D eigenvalue weighted by molar-refractivity contribution is -0.116. The van der Waals surface area contributed by atoms with Gasteiger partial charge in [-0.25, -0.2) is 17.5 Å². The number of carbonyl (C=O) groups is 1.